The molecular formula is C15H20ClFN2O2. The van der Waals surface area contributed by atoms with Gasteiger partial charge in [0.05, 0.1) is 11.1 Å². The zero-order valence-electron chi connectivity index (χ0n) is 12.1. The Morgan fingerprint density at radius 2 is 2.33 bits per heavy atom. The largest absolute Gasteiger partial charge is 0.384 e. The predicted molar refractivity (Wildman–Crippen MR) is 79.6 cm³/mol. The number of nitrogens with one attached hydrogen (secondary N) is 1. The number of aliphatic hydroxyl groups is 1. The molecule has 1 aromatic rings. The van der Waals surface area contributed by atoms with Crippen LogP contribution in [0.1, 0.15) is 31.9 Å². The number of rotatable bonds is 4. The molecule has 116 valence electrons. The van der Waals surface area contributed by atoms with Gasteiger partial charge in [0.1, 0.15) is 11.9 Å². The number of halogens is 2. The van der Waals surface area contributed by atoms with Crippen molar-refractivity contribution >= 4 is 17.5 Å². The van der Waals surface area contributed by atoms with Crippen LogP contribution < -0.4 is 5.32 Å². The van der Waals surface area contributed by atoms with Crippen LogP contribution in [0.25, 0.3) is 0 Å². The van der Waals surface area contributed by atoms with Crippen molar-refractivity contribution in [3.8, 4) is 0 Å². The molecule has 1 aliphatic rings. The maximum atomic E-state index is 13.7. The second-order valence-corrected chi connectivity index (χ2v) is 5.73. The molecule has 3 unspecified atom stereocenters. The topological polar surface area (TPSA) is 52.6 Å². The standard InChI is InChI=1S/C15H20ClFN2O2/c1-3-19-7-6-13(18-15(21)9(2)20)14(19)10-4-5-11(16)12(17)8-10/h4-5,8-9,13-14,20H,3,6-7H2,1-2H3,(H,18,21). The van der Waals surface area contributed by atoms with Gasteiger partial charge in [-0.1, -0.05) is 24.6 Å². The lowest BCUT2D eigenvalue weighted by atomic mass is 9.99. The van der Waals surface area contributed by atoms with E-state index in [-0.39, 0.29) is 17.1 Å². The fourth-order valence-electron chi connectivity index (χ4n) is 2.81. The molecule has 0 aromatic heterocycles. The van der Waals surface area contributed by atoms with Crippen molar-refractivity contribution in [1.82, 2.24) is 10.2 Å². The van der Waals surface area contributed by atoms with E-state index in [2.05, 4.69) is 10.2 Å². The fourth-order valence-corrected chi connectivity index (χ4v) is 2.92. The molecule has 1 amide bonds. The number of likely N-dealkylation sites (N-methyl/N-ethyl adjacent to an activating group) is 1. The van der Waals surface area contributed by atoms with Crippen LogP contribution in [0.15, 0.2) is 18.2 Å². The number of carbonyl (C=O) groups excluding carboxylic acids is 1. The van der Waals surface area contributed by atoms with Crippen molar-refractivity contribution in [1.29, 1.82) is 0 Å². The summed E-state index contributed by atoms with van der Waals surface area (Å²) in [5.74, 6) is -0.866. The second kappa shape index (κ2) is 6.73. The zero-order valence-corrected chi connectivity index (χ0v) is 12.9. The van der Waals surface area contributed by atoms with Crippen LogP contribution in [0, 0.1) is 5.82 Å². The number of carbonyl (C=O) groups is 1. The van der Waals surface area contributed by atoms with E-state index in [1.807, 2.05) is 6.92 Å². The molecule has 1 aliphatic heterocycles. The minimum atomic E-state index is -1.05. The molecule has 1 aromatic carbocycles. The minimum absolute atomic E-state index is 0.0874. The summed E-state index contributed by atoms with van der Waals surface area (Å²) in [4.78, 5) is 13.9. The average Bonchev–Trinajstić information content (AvgIpc) is 2.84. The monoisotopic (exact) mass is 314 g/mol. The quantitative estimate of drug-likeness (QED) is 0.895. The van der Waals surface area contributed by atoms with Crippen molar-refractivity contribution in [2.24, 2.45) is 0 Å². The molecule has 0 aliphatic carbocycles. The van der Waals surface area contributed by atoms with Gasteiger partial charge in [0.15, 0.2) is 0 Å². The molecule has 2 N–H and O–H groups in total. The van der Waals surface area contributed by atoms with E-state index in [9.17, 15) is 14.3 Å². The Balaban J connectivity index is 2.25. The maximum absolute atomic E-state index is 13.7. The summed E-state index contributed by atoms with van der Waals surface area (Å²) in [6.07, 6.45) is -0.287. The first kappa shape index (κ1) is 16.2. The number of hydrogen-bond donors (Lipinski definition) is 2. The van der Waals surface area contributed by atoms with E-state index in [0.29, 0.717) is 0 Å². The van der Waals surface area contributed by atoms with Crippen LogP contribution in [-0.4, -0.2) is 41.1 Å². The van der Waals surface area contributed by atoms with E-state index in [0.717, 1.165) is 25.1 Å². The average molecular weight is 315 g/mol. The molecule has 6 heteroatoms. The lowest BCUT2D eigenvalue weighted by Crippen LogP contribution is -2.43. The molecule has 0 saturated carbocycles. The van der Waals surface area contributed by atoms with Crippen LogP contribution in [0.3, 0.4) is 0 Å². The van der Waals surface area contributed by atoms with Crippen molar-refractivity contribution in [3.05, 3.63) is 34.6 Å². The van der Waals surface area contributed by atoms with Gasteiger partial charge in [-0.25, -0.2) is 4.39 Å². The molecule has 0 spiro atoms. The normalized spacial score (nSPS) is 24.0. The number of benzene rings is 1. The van der Waals surface area contributed by atoms with Crippen molar-refractivity contribution in [2.45, 2.75) is 38.5 Å². The Bertz CT molecular complexity index is 524. The molecule has 1 heterocycles. The highest BCUT2D eigenvalue weighted by Crippen LogP contribution is 2.33. The number of likely N-dealkylation sites (tertiary alicyclic amines) is 1. The predicted octanol–water partition coefficient (Wildman–Crippen LogP) is 2.11. The van der Waals surface area contributed by atoms with Crippen LogP contribution >= 0.6 is 11.6 Å². The van der Waals surface area contributed by atoms with Gasteiger partial charge in [0.25, 0.3) is 0 Å². The van der Waals surface area contributed by atoms with E-state index < -0.39 is 17.8 Å². The minimum Gasteiger partial charge on any atom is -0.384 e. The Hall–Kier alpha value is -1.17. The van der Waals surface area contributed by atoms with Crippen LogP contribution in [0.5, 0.6) is 0 Å². The molecule has 0 bridgehead atoms. The van der Waals surface area contributed by atoms with Crippen molar-refractivity contribution in [3.63, 3.8) is 0 Å². The molecule has 4 nitrogen and oxygen atoms in total. The van der Waals surface area contributed by atoms with Gasteiger partial charge in [-0.2, -0.15) is 0 Å². The summed E-state index contributed by atoms with van der Waals surface area (Å²) in [6.45, 7) is 5.07. The van der Waals surface area contributed by atoms with Crippen molar-refractivity contribution < 1.29 is 14.3 Å². The second-order valence-electron chi connectivity index (χ2n) is 5.33. The summed E-state index contributed by atoms with van der Waals surface area (Å²) in [6, 6.07) is 4.48. The number of aliphatic hydroxyl groups excluding tert-OH is 1. The number of hydrogen-bond acceptors (Lipinski definition) is 3. The summed E-state index contributed by atoms with van der Waals surface area (Å²) in [5.41, 5.74) is 0.784. The Morgan fingerprint density at radius 1 is 1.62 bits per heavy atom. The molecule has 1 saturated heterocycles. The highest BCUT2D eigenvalue weighted by Gasteiger charge is 2.36. The summed E-state index contributed by atoms with van der Waals surface area (Å²) >= 11 is 5.73. The molecule has 3 atom stereocenters. The molecule has 1 fully saturated rings. The smallest absolute Gasteiger partial charge is 0.248 e. The van der Waals surface area contributed by atoms with Gasteiger partial charge < -0.3 is 10.4 Å². The third-order valence-corrected chi connectivity index (χ3v) is 4.21. The first-order chi connectivity index (χ1) is 9.93. The van der Waals surface area contributed by atoms with Gasteiger partial charge in [-0.05, 0) is 37.6 Å². The SMILES string of the molecule is CCN1CCC(NC(=O)C(C)O)C1c1ccc(Cl)c(F)c1. The Kier molecular flexibility index (Phi) is 5.19. The van der Waals surface area contributed by atoms with Gasteiger partial charge in [0, 0.05) is 12.6 Å². The Morgan fingerprint density at radius 3 is 2.90 bits per heavy atom. The zero-order chi connectivity index (χ0) is 15.6. The van der Waals surface area contributed by atoms with E-state index >= 15 is 0 Å². The molecular weight excluding hydrogens is 295 g/mol. The fraction of sp³-hybridized carbons (Fsp3) is 0.533. The van der Waals surface area contributed by atoms with Crippen LogP contribution in [-0.2, 0) is 4.79 Å². The maximum Gasteiger partial charge on any atom is 0.248 e. The lowest BCUT2D eigenvalue weighted by Gasteiger charge is -2.28. The first-order valence-electron chi connectivity index (χ1n) is 7.11. The van der Waals surface area contributed by atoms with E-state index in [1.165, 1.54) is 19.1 Å². The third-order valence-electron chi connectivity index (χ3n) is 3.90. The summed E-state index contributed by atoms with van der Waals surface area (Å²) in [5, 5.41) is 12.3. The summed E-state index contributed by atoms with van der Waals surface area (Å²) < 4.78 is 13.7. The Labute approximate surface area is 128 Å². The van der Waals surface area contributed by atoms with E-state index in [1.54, 1.807) is 6.07 Å². The number of amides is 1. The van der Waals surface area contributed by atoms with Gasteiger partial charge in [-0.15, -0.1) is 0 Å². The summed E-state index contributed by atoms with van der Waals surface area (Å²) in [7, 11) is 0. The number of nitrogens with zero attached hydrogens (tertiary/aromatic N) is 1. The molecule has 0 radical (unpaired) electrons. The lowest BCUT2D eigenvalue weighted by molar-refractivity contribution is -0.129. The van der Waals surface area contributed by atoms with E-state index in [4.69, 9.17) is 11.6 Å². The van der Waals surface area contributed by atoms with Gasteiger partial charge >= 0.3 is 0 Å². The molecule has 2 rings (SSSR count). The van der Waals surface area contributed by atoms with Crippen LogP contribution in [0.2, 0.25) is 5.02 Å². The van der Waals surface area contributed by atoms with Crippen LogP contribution in [0.4, 0.5) is 4.39 Å². The first-order valence-corrected chi connectivity index (χ1v) is 7.49. The highest BCUT2D eigenvalue weighted by molar-refractivity contribution is 6.30. The van der Waals surface area contributed by atoms with Crippen molar-refractivity contribution in [2.75, 3.05) is 13.1 Å². The van der Waals surface area contributed by atoms with Gasteiger partial charge in [0.2, 0.25) is 5.91 Å². The van der Waals surface area contributed by atoms with Gasteiger partial charge in [-0.3, -0.25) is 9.69 Å². The highest BCUT2D eigenvalue weighted by atomic mass is 35.5. The molecule has 21 heavy (non-hydrogen) atoms. The third kappa shape index (κ3) is 3.54.